The summed E-state index contributed by atoms with van der Waals surface area (Å²) in [5.41, 5.74) is 4.65. The van der Waals surface area contributed by atoms with Crippen molar-refractivity contribution >= 4 is 22.4 Å². The maximum Gasteiger partial charge on any atom is 0.340 e. The average molecular weight is 327 g/mol. The Morgan fingerprint density at radius 2 is 2.12 bits per heavy atom. The number of fused-ring (bicyclic) bond motifs is 1. The fraction of sp³-hybridized carbons (Fsp3) is 0.450. The zero-order valence-corrected chi connectivity index (χ0v) is 14.5. The van der Waals surface area contributed by atoms with Crippen LogP contribution in [0.15, 0.2) is 24.3 Å². The van der Waals surface area contributed by atoms with E-state index in [-0.39, 0.29) is 12.6 Å². The van der Waals surface area contributed by atoms with E-state index in [1.807, 2.05) is 17.7 Å². The van der Waals surface area contributed by atoms with Crippen LogP contribution in [0.5, 0.6) is 0 Å². The number of rotatable bonds is 4. The number of hydrogen-bond donors (Lipinski definition) is 1. The molecule has 0 spiro atoms. The Morgan fingerprint density at radius 3 is 2.88 bits per heavy atom. The highest BCUT2D eigenvalue weighted by molar-refractivity contribution is 6.06. The molecule has 0 radical (unpaired) electrons. The van der Waals surface area contributed by atoms with Crippen LogP contribution in [-0.2, 0) is 18.4 Å². The Kier molecular flexibility index (Phi) is 5.05. The van der Waals surface area contributed by atoms with Crippen LogP contribution in [0, 0.1) is 0 Å². The van der Waals surface area contributed by atoms with Gasteiger partial charge in [-0.05, 0) is 49.8 Å². The first-order chi connectivity index (χ1) is 11.7. The summed E-state index contributed by atoms with van der Waals surface area (Å²) < 4.78 is 7.09. The van der Waals surface area contributed by atoms with Gasteiger partial charge in [-0.1, -0.05) is 24.6 Å². The number of carbonyl (C=O) groups excluding carboxylic acids is 1. The Hall–Kier alpha value is -2.07. The Labute approximate surface area is 142 Å². The molecule has 0 amide bonds. The molecule has 2 aromatic rings. The minimum atomic E-state index is -0.367. The fourth-order valence-electron chi connectivity index (χ4n) is 3.58. The molecule has 0 atom stereocenters. The molecule has 4 heteroatoms. The molecule has 1 heterocycles. The predicted molar refractivity (Wildman–Crippen MR) is 95.9 cm³/mol. The van der Waals surface area contributed by atoms with Gasteiger partial charge in [-0.3, -0.25) is 0 Å². The maximum absolute atomic E-state index is 12.3. The van der Waals surface area contributed by atoms with Gasteiger partial charge in [0.05, 0.1) is 24.5 Å². The molecule has 0 fully saturated rings. The van der Waals surface area contributed by atoms with E-state index in [1.165, 1.54) is 30.4 Å². The number of aryl methyl sites for hydroxylation is 1. The van der Waals surface area contributed by atoms with Gasteiger partial charge in [0.1, 0.15) is 0 Å². The van der Waals surface area contributed by atoms with Crippen molar-refractivity contribution in [3.8, 4) is 0 Å². The van der Waals surface area contributed by atoms with Crippen molar-refractivity contribution in [2.75, 3.05) is 6.61 Å². The van der Waals surface area contributed by atoms with Crippen LogP contribution in [-0.4, -0.2) is 22.2 Å². The van der Waals surface area contributed by atoms with Gasteiger partial charge in [-0.2, -0.15) is 0 Å². The van der Waals surface area contributed by atoms with Crippen molar-refractivity contribution in [2.45, 2.75) is 45.6 Å². The molecule has 24 heavy (non-hydrogen) atoms. The SMILES string of the molecule is CCOC(=O)c1c(CO)n(C)c2cc(C3=CCCCCC3)ccc12. The summed E-state index contributed by atoms with van der Waals surface area (Å²) in [6.07, 6.45) is 8.36. The molecule has 1 aliphatic carbocycles. The number of esters is 1. The normalized spacial score (nSPS) is 15.2. The lowest BCUT2D eigenvalue weighted by Crippen LogP contribution is -2.08. The molecular weight excluding hydrogens is 302 g/mol. The van der Waals surface area contributed by atoms with Crippen LogP contribution in [0.3, 0.4) is 0 Å². The van der Waals surface area contributed by atoms with E-state index in [9.17, 15) is 9.90 Å². The molecule has 0 unspecified atom stereocenters. The summed E-state index contributed by atoms with van der Waals surface area (Å²) in [4.78, 5) is 12.3. The zero-order chi connectivity index (χ0) is 17.1. The largest absolute Gasteiger partial charge is 0.462 e. The lowest BCUT2D eigenvalue weighted by atomic mass is 9.99. The van der Waals surface area contributed by atoms with Crippen molar-refractivity contribution in [1.29, 1.82) is 0 Å². The number of ether oxygens (including phenoxy) is 1. The third-order valence-electron chi connectivity index (χ3n) is 4.86. The van der Waals surface area contributed by atoms with Gasteiger partial charge in [-0.25, -0.2) is 4.79 Å². The first-order valence-corrected chi connectivity index (χ1v) is 8.76. The van der Waals surface area contributed by atoms with Gasteiger partial charge >= 0.3 is 5.97 Å². The number of nitrogens with zero attached hydrogens (tertiary/aromatic N) is 1. The van der Waals surface area contributed by atoms with Gasteiger partial charge in [0, 0.05) is 18.0 Å². The van der Waals surface area contributed by atoms with E-state index in [2.05, 4.69) is 18.2 Å². The second-order valence-corrected chi connectivity index (χ2v) is 6.32. The lowest BCUT2D eigenvalue weighted by molar-refractivity contribution is 0.0524. The molecule has 4 nitrogen and oxygen atoms in total. The second kappa shape index (κ2) is 7.22. The van der Waals surface area contributed by atoms with Crippen LogP contribution < -0.4 is 0 Å². The van der Waals surface area contributed by atoms with Gasteiger partial charge in [0.2, 0.25) is 0 Å². The average Bonchev–Trinajstić information content (AvgIpc) is 2.75. The molecule has 0 saturated heterocycles. The van der Waals surface area contributed by atoms with Gasteiger partial charge < -0.3 is 14.4 Å². The van der Waals surface area contributed by atoms with Crippen molar-refractivity contribution in [2.24, 2.45) is 7.05 Å². The van der Waals surface area contributed by atoms with Crippen molar-refractivity contribution < 1.29 is 14.6 Å². The highest BCUT2D eigenvalue weighted by Crippen LogP contribution is 2.32. The van der Waals surface area contributed by atoms with Crippen molar-refractivity contribution in [3.63, 3.8) is 0 Å². The number of hydrogen-bond acceptors (Lipinski definition) is 3. The van der Waals surface area contributed by atoms with E-state index in [0.29, 0.717) is 17.9 Å². The highest BCUT2D eigenvalue weighted by atomic mass is 16.5. The van der Waals surface area contributed by atoms with Crippen molar-refractivity contribution in [3.05, 3.63) is 41.1 Å². The minimum Gasteiger partial charge on any atom is -0.462 e. The number of allylic oxidation sites excluding steroid dienone is 2. The standard InChI is InChI=1S/C20H25NO3/c1-3-24-20(23)19-16-11-10-15(14-8-6-4-5-7-9-14)12-17(16)21(2)18(19)13-22/h8,10-12,22H,3-7,9,13H2,1-2H3. The Bertz CT molecular complexity index is 786. The topological polar surface area (TPSA) is 51.5 Å². The van der Waals surface area contributed by atoms with Crippen LogP contribution in [0.2, 0.25) is 0 Å². The number of benzene rings is 1. The first kappa shape index (κ1) is 16.8. The Balaban J connectivity index is 2.12. The quantitative estimate of drug-likeness (QED) is 0.857. The van der Waals surface area contributed by atoms with Crippen molar-refractivity contribution in [1.82, 2.24) is 4.57 Å². The number of carbonyl (C=O) groups is 1. The fourth-order valence-corrected chi connectivity index (χ4v) is 3.58. The van der Waals surface area contributed by atoms with Crippen LogP contribution in [0.4, 0.5) is 0 Å². The molecule has 0 bridgehead atoms. The summed E-state index contributed by atoms with van der Waals surface area (Å²) in [5, 5.41) is 10.6. The molecule has 1 N–H and O–H groups in total. The molecule has 1 aromatic carbocycles. The molecule has 0 saturated carbocycles. The summed E-state index contributed by atoms with van der Waals surface area (Å²) in [6.45, 7) is 1.93. The summed E-state index contributed by atoms with van der Waals surface area (Å²) in [5.74, 6) is -0.367. The molecule has 128 valence electrons. The van der Waals surface area contributed by atoms with Crippen LogP contribution >= 0.6 is 0 Å². The summed E-state index contributed by atoms with van der Waals surface area (Å²) in [6, 6.07) is 6.21. The Morgan fingerprint density at radius 1 is 1.29 bits per heavy atom. The smallest absolute Gasteiger partial charge is 0.340 e. The van der Waals surface area contributed by atoms with E-state index in [4.69, 9.17) is 4.74 Å². The monoisotopic (exact) mass is 327 g/mol. The molecule has 1 aliphatic rings. The van der Waals surface area contributed by atoms with E-state index in [0.717, 1.165) is 23.7 Å². The van der Waals surface area contributed by atoms with E-state index < -0.39 is 0 Å². The number of aliphatic hydroxyl groups is 1. The number of aromatic nitrogens is 1. The third-order valence-corrected chi connectivity index (χ3v) is 4.86. The zero-order valence-electron chi connectivity index (χ0n) is 14.5. The summed E-state index contributed by atoms with van der Waals surface area (Å²) >= 11 is 0. The van der Waals surface area contributed by atoms with Gasteiger partial charge in [0.15, 0.2) is 0 Å². The second-order valence-electron chi connectivity index (χ2n) is 6.32. The maximum atomic E-state index is 12.3. The summed E-state index contributed by atoms with van der Waals surface area (Å²) in [7, 11) is 1.89. The third kappa shape index (κ3) is 2.98. The van der Waals surface area contributed by atoms with Crippen LogP contribution in [0.1, 0.15) is 60.6 Å². The lowest BCUT2D eigenvalue weighted by Gasteiger charge is -2.07. The molecule has 1 aromatic heterocycles. The van der Waals surface area contributed by atoms with Crippen LogP contribution in [0.25, 0.3) is 16.5 Å². The van der Waals surface area contributed by atoms with E-state index in [1.54, 1.807) is 6.92 Å². The molecule has 3 rings (SSSR count). The molecule has 0 aliphatic heterocycles. The van der Waals surface area contributed by atoms with Gasteiger partial charge in [0.25, 0.3) is 0 Å². The predicted octanol–water partition coefficient (Wildman–Crippen LogP) is 4.19. The first-order valence-electron chi connectivity index (χ1n) is 8.76. The molecular formula is C20H25NO3. The van der Waals surface area contributed by atoms with E-state index >= 15 is 0 Å². The highest BCUT2D eigenvalue weighted by Gasteiger charge is 2.22. The number of aliphatic hydroxyl groups excluding tert-OH is 1. The minimum absolute atomic E-state index is 0.183. The van der Waals surface area contributed by atoms with Gasteiger partial charge in [-0.15, -0.1) is 0 Å².